The minimum absolute atomic E-state index is 0.0300. The summed E-state index contributed by atoms with van der Waals surface area (Å²) >= 11 is 0. The molecule has 0 radical (unpaired) electrons. The fourth-order valence-corrected chi connectivity index (χ4v) is 4.63. The quantitative estimate of drug-likeness (QED) is 0.675. The second-order valence-electron chi connectivity index (χ2n) is 8.38. The lowest BCUT2D eigenvalue weighted by Gasteiger charge is -2.40. The van der Waals surface area contributed by atoms with Crippen LogP contribution in [0.15, 0.2) is 48.5 Å². The van der Waals surface area contributed by atoms with Gasteiger partial charge in [-0.1, -0.05) is 37.1 Å². The van der Waals surface area contributed by atoms with E-state index in [0.29, 0.717) is 0 Å². The summed E-state index contributed by atoms with van der Waals surface area (Å²) < 4.78 is 15.6. The molecule has 2 aliphatic rings. The van der Waals surface area contributed by atoms with E-state index in [4.69, 9.17) is 0 Å². The fourth-order valence-electron chi connectivity index (χ4n) is 4.63. The van der Waals surface area contributed by atoms with E-state index in [1.54, 1.807) is 12.1 Å². The Morgan fingerprint density at radius 2 is 1.83 bits per heavy atom. The third-order valence-electron chi connectivity index (χ3n) is 6.53. The van der Waals surface area contributed by atoms with E-state index in [9.17, 15) is 9.18 Å². The molecule has 0 saturated heterocycles. The molecule has 1 aromatic heterocycles. The van der Waals surface area contributed by atoms with E-state index < -0.39 is 5.41 Å². The van der Waals surface area contributed by atoms with Gasteiger partial charge in [-0.2, -0.15) is 0 Å². The van der Waals surface area contributed by atoms with Crippen LogP contribution in [0.25, 0.3) is 11.4 Å². The molecule has 1 amide bonds. The number of fused-ring (bicyclic) bond motifs is 1. The van der Waals surface area contributed by atoms with Crippen molar-refractivity contribution >= 4 is 11.6 Å². The molecule has 1 N–H and O–H groups in total. The van der Waals surface area contributed by atoms with Gasteiger partial charge in [0, 0.05) is 24.2 Å². The first-order chi connectivity index (χ1) is 14.7. The predicted octanol–water partition coefficient (Wildman–Crippen LogP) is 4.87. The van der Waals surface area contributed by atoms with Crippen LogP contribution >= 0.6 is 0 Å². The number of benzene rings is 2. The zero-order chi connectivity index (χ0) is 20.6. The highest BCUT2D eigenvalue weighted by atomic mass is 19.1. The Balaban J connectivity index is 1.40. The Kier molecular flexibility index (Phi) is 4.85. The van der Waals surface area contributed by atoms with Gasteiger partial charge >= 0.3 is 0 Å². The van der Waals surface area contributed by atoms with Crippen molar-refractivity contribution in [2.75, 3.05) is 5.32 Å². The largest absolute Gasteiger partial charge is 0.325 e. The molecule has 6 heteroatoms. The van der Waals surface area contributed by atoms with E-state index in [1.165, 1.54) is 18.6 Å². The van der Waals surface area contributed by atoms with E-state index in [2.05, 4.69) is 20.1 Å². The van der Waals surface area contributed by atoms with Crippen LogP contribution in [0.5, 0.6) is 0 Å². The standard InChI is InChI=1S/C24H25FN4O/c25-19-11-9-18(10-12-19)24(13-5-14-24)23(30)26-20-7-4-6-17(16-20)22-28-27-21-8-2-1-3-15-29(21)22/h4,6-7,9-12,16H,1-3,5,8,13-15H2,(H,26,30). The number of halogens is 1. The molecule has 1 aliphatic carbocycles. The van der Waals surface area contributed by atoms with Gasteiger partial charge in [0.25, 0.3) is 0 Å². The molecule has 5 nitrogen and oxygen atoms in total. The summed E-state index contributed by atoms with van der Waals surface area (Å²) in [4.78, 5) is 13.2. The molecule has 5 rings (SSSR count). The summed E-state index contributed by atoms with van der Waals surface area (Å²) in [5.41, 5.74) is 2.01. The Morgan fingerprint density at radius 1 is 1.00 bits per heavy atom. The zero-order valence-electron chi connectivity index (χ0n) is 16.9. The van der Waals surface area contributed by atoms with Crippen LogP contribution in [0.4, 0.5) is 10.1 Å². The van der Waals surface area contributed by atoms with Gasteiger partial charge in [-0.15, -0.1) is 10.2 Å². The number of amides is 1. The van der Waals surface area contributed by atoms with Crippen LogP contribution in [0, 0.1) is 5.82 Å². The number of hydrogen-bond acceptors (Lipinski definition) is 3. The highest BCUT2D eigenvalue weighted by molar-refractivity contribution is 6.00. The minimum Gasteiger partial charge on any atom is -0.325 e. The summed E-state index contributed by atoms with van der Waals surface area (Å²) in [6.07, 6.45) is 7.02. The average molecular weight is 404 g/mol. The first kappa shape index (κ1) is 19.0. The van der Waals surface area contributed by atoms with Crippen molar-refractivity contribution in [3.8, 4) is 11.4 Å². The summed E-state index contributed by atoms with van der Waals surface area (Å²) in [5, 5.41) is 11.9. The number of nitrogens with one attached hydrogen (secondary N) is 1. The lowest BCUT2D eigenvalue weighted by Crippen LogP contribution is -2.46. The molecule has 0 unspecified atom stereocenters. The smallest absolute Gasteiger partial charge is 0.235 e. The maximum atomic E-state index is 13.4. The van der Waals surface area contributed by atoms with Gasteiger partial charge < -0.3 is 9.88 Å². The molecule has 0 atom stereocenters. The lowest BCUT2D eigenvalue weighted by atomic mass is 9.64. The van der Waals surface area contributed by atoms with Crippen molar-refractivity contribution in [3.63, 3.8) is 0 Å². The number of carbonyl (C=O) groups excluding carboxylic acids is 1. The third-order valence-corrected chi connectivity index (χ3v) is 6.53. The van der Waals surface area contributed by atoms with Crippen molar-refractivity contribution in [3.05, 3.63) is 65.7 Å². The molecule has 2 aromatic carbocycles. The van der Waals surface area contributed by atoms with Crippen molar-refractivity contribution in [1.29, 1.82) is 0 Å². The minimum atomic E-state index is -0.574. The Labute approximate surface area is 175 Å². The molecular formula is C24H25FN4O. The second kappa shape index (κ2) is 7.67. The van der Waals surface area contributed by atoms with Crippen molar-refractivity contribution in [1.82, 2.24) is 14.8 Å². The highest BCUT2D eigenvalue weighted by Gasteiger charge is 2.45. The van der Waals surface area contributed by atoms with Crippen LogP contribution in [-0.4, -0.2) is 20.7 Å². The lowest BCUT2D eigenvalue weighted by molar-refractivity contribution is -0.124. The van der Waals surface area contributed by atoms with Crippen molar-refractivity contribution in [2.45, 2.75) is 56.9 Å². The first-order valence-corrected chi connectivity index (χ1v) is 10.8. The number of aryl methyl sites for hydroxylation is 1. The molecule has 1 aliphatic heterocycles. The second-order valence-corrected chi connectivity index (χ2v) is 8.38. The number of aromatic nitrogens is 3. The number of carbonyl (C=O) groups is 1. The van der Waals surface area contributed by atoms with Crippen LogP contribution in [0.1, 0.15) is 49.9 Å². The molecule has 0 bridgehead atoms. The highest BCUT2D eigenvalue weighted by Crippen LogP contribution is 2.44. The molecule has 3 aromatic rings. The van der Waals surface area contributed by atoms with Gasteiger partial charge in [-0.05, 0) is 55.5 Å². The Bertz CT molecular complexity index is 1070. The monoisotopic (exact) mass is 404 g/mol. The molecule has 1 saturated carbocycles. The molecule has 30 heavy (non-hydrogen) atoms. The summed E-state index contributed by atoms with van der Waals surface area (Å²) in [6.45, 7) is 0.932. The van der Waals surface area contributed by atoms with Gasteiger partial charge in [0.15, 0.2) is 5.82 Å². The maximum absolute atomic E-state index is 13.4. The van der Waals surface area contributed by atoms with Crippen LogP contribution in [-0.2, 0) is 23.2 Å². The van der Waals surface area contributed by atoms with Gasteiger partial charge in [-0.25, -0.2) is 4.39 Å². The fraction of sp³-hybridized carbons (Fsp3) is 0.375. The number of anilines is 1. The van der Waals surface area contributed by atoms with Gasteiger partial charge in [0.2, 0.25) is 5.91 Å². The average Bonchev–Trinajstić information content (AvgIpc) is 2.97. The Morgan fingerprint density at radius 3 is 2.60 bits per heavy atom. The first-order valence-electron chi connectivity index (χ1n) is 10.8. The normalized spacial score (nSPS) is 17.5. The van der Waals surface area contributed by atoms with Crippen LogP contribution < -0.4 is 5.32 Å². The summed E-state index contributed by atoms with van der Waals surface area (Å²) in [6, 6.07) is 14.1. The topological polar surface area (TPSA) is 59.8 Å². The maximum Gasteiger partial charge on any atom is 0.235 e. The van der Waals surface area contributed by atoms with Gasteiger partial charge in [0.1, 0.15) is 11.6 Å². The number of nitrogens with zero attached hydrogens (tertiary/aromatic N) is 3. The summed E-state index contributed by atoms with van der Waals surface area (Å²) in [5.74, 6) is 1.59. The number of rotatable bonds is 4. The summed E-state index contributed by atoms with van der Waals surface area (Å²) in [7, 11) is 0. The van der Waals surface area contributed by atoms with Crippen molar-refractivity contribution < 1.29 is 9.18 Å². The van der Waals surface area contributed by atoms with E-state index in [1.807, 2.05) is 24.3 Å². The Hall–Kier alpha value is -3.02. The van der Waals surface area contributed by atoms with E-state index in [0.717, 1.165) is 73.5 Å². The van der Waals surface area contributed by atoms with Crippen LogP contribution in [0.3, 0.4) is 0 Å². The van der Waals surface area contributed by atoms with Gasteiger partial charge in [0.05, 0.1) is 5.41 Å². The van der Waals surface area contributed by atoms with Crippen molar-refractivity contribution in [2.24, 2.45) is 0 Å². The number of hydrogen-bond donors (Lipinski definition) is 1. The predicted molar refractivity (Wildman–Crippen MR) is 114 cm³/mol. The molecule has 0 spiro atoms. The molecule has 154 valence electrons. The van der Waals surface area contributed by atoms with E-state index in [-0.39, 0.29) is 11.7 Å². The molecule has 2 heterocycles. The molecule has 1 fully saturated rings. The van der Waals surface area contributed by atoms with Crippen LogP contribution in [0.2, 0.25) is 0 Å². The third kappa shape index (κ3) is 3.30. The van der Waals surface area contributed by atoms with Gasteiger partial charge in [-0.3, -0.25) is 4.79 Å². The SMILES string of the molecule is O=C(Nc1cccc(-c2nnc3n2CCCCC3)c1)C1(c2ccc(F)cc2)CCC1. The zero-order valence-corrected chi connectivity index (χ0v) is 16.9. The molecular weight excluding hydrogens is 379 g/mol. The van der Waals surface area contributed by atoms with E-state index >= 15 is 0 Å².